The van der Waals surface area contributed by atoms with Crippen LogP contribution in [0.15, 0.2) is 48.9 Å². The molecule has 2 heterocycles. The highest BCUT2D eigenvalue weighted by Gasteiger charge is 2.11. The van der Waals surface area contributed by atoms with Crippen LogP contribution < -0.4 is 0 Å². The van der Waals surface area contributed by atoms with Gasteiger partial charge in [0.25, 0.3) is 0 Å². The molecule has 4 nitrogen and oxygen atoms in total. The minimum absolute atomic E-state index is 0.390. The molecule has 1 aromatic carbocycles. The first-order valence-electron chi connectivity index (χ1n) is 7.70. The second kappa shape index (κ2) is 8.01. The van der Waals surface area contributed by atoms with E-state index < -0.39 is 0 Å². The topological polar surface area (TPSA) is 36.9 Å². The van der Waals surface area contributed by atoms with Crippen LogP contribution in [0.2, 0.25) is 0 Å². The maximum absolute atomic E-state index is 5.71. The second-order valence-corrected chi connectivity index (χ2v) is 5.69. The van der Waals surface area contributed by atoms with E-state index >= 15 is 0 Å². The first kappa shape index (κ1) is 15.1. The summed E-state index contributed by atoms with van der Waals surface area (Å²) in [4.78, 5) is 0. The number of hydrogen-bond donors (Lipinski definition) is 0. The highest BCUT2D eigenvalue weighted by molar-refractivity contribution is 5.21. The molecule has 1 aromatic rings. The van der Waals surface area contributed by atoms with E-state index in [-0.39, 0.29) is 0 Å². The van der Waals surface area contributed by atoms with Crippen molar-refractivity contribution in [3.8, 4) is 0 Å². The molecule has 0 aliphatic carbocycles. The third-order valence-electron chi connectivity index (χ3n) is 3.74. The summed E-state index contributed by atoms with van der Waals surface area (Å²) in [7, 11) is 0. The first-order valence-corrected chi connectivity index (χ1v) is 7.70. The molecule has 2 aliphatic heterocycles. The standard InChI is InChI=1S/C18H22O4/c1-2-16(10-22-14-18-6-8-20-12-18)4-3-15(1)9-21-13-17-5-7-19-11-17/h1-8,17-18H,9-14H2. The van der Waals surface area contributed by atoms with Crippen molar-refractivity contribution in [2.75, 3.05) is 26.4 Å². The van der Waals surface area contributed by atoms with Gasteiger partial charge in [0.2, 0.25) is 0 Å². The molecule has 0 saturated carbocycles. The Kier molecular flexibility index (Phi) is 5.51. The minimum Gasteiger partial charge on any atom is -0.501 e. The quantitative estimate of drug-likeness (QED) is 0.739. The molecule has 2 atom stereocenters. The van der Waals surface area contributed by atoms with Crippen LogP contribution in [0.3, 0.4) is 0 Å². The molecule has 0 radical (unpaired) electrons. The van der Waals surface area contributed by atoms with Crippen molar-refractivity contribution in [3.05, 3.63) is 60.1 Å². The van der Waals surface area contributed by atoms with Crippen LogP contribution in [0.4, 0.5) is 0 Å². The van der Waals surface area contributed by atoms with Crippen molar-refractivity contribution in [1.82, 2.24) is 0 Å². The van der Waals surface area contributed by atoms with Crippen LogP contribution in [-0.2, 0) is 32.2 Å². The summed E-state index contributed by atoms with van der Waals surface area (Å²) in [6, 6.07) is 8.38. The molecule has 118 valence electrons. The number of rotatable bonds is 8. The molecule has 0 aromatic heterocycles. The normalized spacial score (nSPS) is 22.7. The van der Waals surface area contributed by atoms with Gasteiger partial charge in [-0.15, -0.1) is 0 Å². The summed E-state index contributed by atoms with van der Waals surface area (Å²) in [6.07, 6.45) is 7.59. The summed E-state index contributed by atoms with van der Waals surface area (Å²) in [5.41, 5.74) is 2.36. The molecule has 2 aliphatic rings. The van der Waals surface area contributed by atoms with E-state index in [4.69, 9.17) is 18.9 Å². The third kappa shape index (κ3) is 4.61. The lowest BCUT2D eigenvalue weighted by Crippen LogP contribution is -2.09. The van der Waals surface area contributed by atoms with Gasteiger partial charge >= 0.3 is 0 Å². The molecular weight excluding hydrogens is 280 g/mol. The SMILES string of the molecule is C1=CC(COCc2ccc(COCC3C=COC3)cc2)CO1. The lowest BCUT2D eigenvalue weighted by atomic mass is 10.1. The predicted octanol–water partition coefficient (Wildman–Crippen LogP) is 3.04. The lowest BCUT2D eigenvalue weighted by Gasteiger charge is -2.10. The van der Waals surface area contributed by atoms with E-state index in [0.29, 0.717) is 38.3 Å². The fraction of sp³-hybridized carbons (Fsp3) is 0.444. The van der Waals surface area contributed by atoms with Gasteiger partial charge in [-0.2, -0.15) is 0 Å². The maximum Gasteiger partial charge on any atom is 0.0959 e. The maximum atomic E-state index is 5.71. The van der Waals surface area contributed by atoms with Gasteiger partial charge in [-0.3, -0.25) is 0 Å². The number of ether oxygens (including phenoxy) is 4. The van der Waals surface area contributed by atoms with Crippen molar-refractivity contribution in [2.45, 2.75) is 13.2 Å². The molecule has 0 spiro atoms. The van der Waals surface area contributed by atoms with E-state index in [1.54, 1.807) is 12.5 Å². The molecule has 3 rings (SSSR count). The smallest absolute Gasteiger partial charge is 0.0959 e. The Morgan fingerprint density at radius 3 is 1.59 bits per heavy atom. The van der Waals surface area contributed by atoms with Crippen molar-refractivity contribution in [1.29, 1.82) is 0 Å². The molecule has 0 amide bonds. The summed E-state index contributed by atoms with van der Waals surface area (Å²) in [5, 5.41) is 0. The van der Waals surface area contributed by atoms with Crippen molar-refractivity contribution >= 4 is 0 Å². The summed E-state index contributed by atoms with van der Waals surface area (Å²) in [5.74, 6) is 0.780. The first-order chi connectivity index (χ1) is 10.9. The molecule has 0 fully saturated rings. The molecule has 0 N–H and O–H groups in total. The monoisotopic (exact) mass is 302 g/mol. The summed E-state index contributed by atoms with van der Waals surface area (Å²) < 4.78 is 21.7. The van der Waals surface area contributed by atoms with E-state index in [2.05, 4.69) is 24.3 Å². The largest absolute Gasteiger partial charge is 0.501 e. The van der Waals surface area contributed by atoms with Crippen LogP contribution in [-0.4, -0.2) is 26.4 Å². The lowest BCUT2D eigenvalue weighted by molar-refractivity contribution is 0.0840. The molecule has 0 bridgehead atoms. The van der Waals surface area contributed by atoms with Crippen molar-refractivity contribution in [3.63, 3.8) is 0 Å². The zero-order valence-corrected chi connectivity index (χ0v) is 12.6. The van der Waals surface area contributed by atoms with Gasteiger partial charge < -0.3 is 18.9 Å². The number of benzene rings is 1. The van der Waals surface area contributed by atoms with Crippen LogP contribution in [0.1, 0.15) is 11.1 Å². The Hall–Kier alpha value is -1.78. The average Bonchev–Trinajstić information content (AvgIpc) is 3.22. The van der Waals surface area contributed by atoms with Gasteiger partial charge in [0.1, 0.15) is 0 Å². The zero-order chi connectivity index (χ0) is 15.0. The van der Waals surface area contributed by atoms with Gasteiger partial charge in [-0.1, -0.05) is 24.3 Å². The molecular formula is C18H22O4. The molecule has 0 saturated heterocycles. The Morgan fingerprint density at radius 1 is 0.773 bits per heavy atom. The average molecular weight is 302 g/mol. The Labute approximate surface area is 131 Å². The minimum atomic E-state index is 0.390. The van der Waals surface area contributed by atoms with Crippen molar-refractivity contribution < 1.29 is 18.9 Å². The second-order valence-electron chi connectivity index (χ2n) is 5.69. The van der Waals surface area contributed by atoms with Gasteiger partial charge in [0.05, 0.1) is 52.2 Å². The van der Waals surface area contributed by atoms with Gasteiger partial charge in [0.15, 0.2) is 0 Å². The van der Waals surface area contributed by atoms with Gasteiger partial charge in [0, 0.05) is 11.8 Å². The van der Waals surface area contributed by atoms with E-state index in [1.807, 2.05) is 12.2 Å². The highest BCUT2D eigenvalue weighted by Crippen LogP contribution is 2.13. The van der Waals surface area contributed by atoms with Gasteiger partial charge in [-0.25, -0.2) is 0 Å². The predicted molar refractivity (Wildman–Crippen MR) is 82.9 cm³/mol. The summed E-state index contributed by atoms with van der Waals surface area (Å²) in [6.45, 7) is 4.15. The van der Waals surface area contributed by atoms with Crippen LogP contribution >= 0.6 is 0 Å². The molecule has 2 unspecified atom stereocenters. The third-order valence-corrected chi connectivity index (χ3v) is 3.74. The highest BCUT2D eigenvalue weighted by atomic mass is 16.5. The van der Waals surface area contributed by atoms with E-state index in [0.717, 1.165) is 13.2 Å². The van der Waals surface area contributed by atoms with E-state index in [9.17, 15) is 0 Å². The van der Waals surface area contributed by atoms with Gasteiger partial charge in [-0.05, 0) is 23.3 Å². The van der Waals surface area contributed by atoms with E-state index in [1.165, 1.54) is 11.1 Å². The molecule has 22 heavy (non-hydrogen) atoms. The van der Waals surface area contributed by atoms with Crippen LogP contribution in [0, 0.1) is 11.8 Å². The fourth-order valence-electron chi connectivity index (χ4n) is 2.40. The fourth-order valence-corrected chi connectivity index (χ4v) is 2.40. The number of hydrogen-bond acceptors (Lipinski definition) is 4. The zero-order valence-electron chi connectivity index (χ0n) is 12.6. The summed E-state index contributed by atoms with van der Waals surface area (Å²) >= 11 is 0. The Balaban J connectivity index is 1.34. The Morgan fingerprint density at radius 2 is 1.23 bits per heavy atom. The Bertz CT molecular complexity index is 459. The molecule has 4 heteroatoms. The van der Waals surface area contributed by atoms with Crippen LogP contribution in [0.5, 0.6) is 0 Å². The van der Waals surface area contributed by atoms with Crippen LogP contribution in [0.25, 0.3) is 0 Å². The van der Waals surface area contributed by atoms with Crippen molar-refractivity contribution in [2.24, 2.45) is 11.8 Å².